The molecular weight excluding hydrogens is 496 g/mol. The summed E-state index contributed by atoms with van der Waals surface area (Å²) in [6.07, 6.45) is 1.64. The maximum absolute atomic E-state index is 13.2. The van der Waals surface area contributed by atoms with E-state index in [0.717, 1.165) is 12.0 Å². The van der Waals surface area contributed by atoms with Gasteiger partial charge in [-0.15, -0.1) is 0 Å². The Labute approximate surface area is 227 Å². The third-order valence-electron chi connectivity index (χ3n) is 6.83. The molecule has 10 heteroatoms. The molecule has 3 aromatic rings. The van der Waals surface area contributed by atoms with Gasteiger partial charge in [0.1, 0.15) is 0 Å². The number of nitrogens with two attached hydrogens (primary N) is 1. The van der Waals surface area contributed by atoms with E-state index in [2.05, 4.69) is 20.6 Å². The highest BCUT2D eigenvalue weighted by molar-refractivity contribution is 5.97. The monoisotopic (exact) mass is 530 g/mol. The van der Waals surface area contributed by atoms with Crippen molar-refractivity contribution in [1.29, 1.82) is 0 Å². The van der Waals surface area contributed by atoms with Gasteiger partial charge in [-0.3, -0.25) is 9.59 Å². The smallest absolute Gasteiger partial charge is 0.407 e. The summed E-state index contributed by atoms with van der Waals surface area (Å²) in [6.45, 7) is 6.64. The van der Waals surface area contributed by atoms with E-state index in [9.17, 15) is 19.5 Å². The minimum atomic E-state index is -1.02. The van der Waals surface area contributed by atoms with Gasteiger partial charge in [0.25, 0.3) is 11.8 Å². The van der Waals surface area contributed by atoms with Crippen molar-refractivity contribution in [2.75, 3.05) is 18.8 Å². The Morgan fingerprint density at radius 1 is 1.08 bits per heavy atom. The molecule has 1 aromatic heterocycles. The molecule has 39 heavy (non-hydrogen) atoms. The van der Waals surface area contributed by atoms with Gasteiger partial charge in [-0.2, -0.15) is 0 Å². The van der Waals surface area contributed by atoms with Crippen LogP contribution in [0.25, 0.3) is 11.3 Å². The van der Waals surface area contributed by atoms with E-state index in [1.807, 2.05) is 51.1 Å². The normalized spacial score (nSPS) is 17.1. The molecule has 1 fully saturated rings. The lowest BCUT2D eigenvalue weighted by atomic mass is 9.82. The van der Waals surface area contributed by atoms with Crippen molar-refractivity contribution in [2.45, 2.75) is 45.7 Å². The Bertz CT molecular complexity index is 1360. The summed E-state index contributed by atoms with van der Waals surface area (Å²) in [5.41, 5.74) is 8.16. The van der Waals surface area contributed by atoms with Crippen LogP contribution in [0.3, 0.4) is 0 Å². The van der Waals surface area contributed by atoms with Gasteiger partial charge in [0.2, 0.25) is 0 Å². The topological polar surface area (TPSA) is 151 Å². The van der Waals surface area contributed by atoms with Crippen molar-refractivity contribution in [1.82, 2.24) is 25.5 Å². The van der Waals surface area contributed by atoms with Crippen molar-refractivity contribution >= 4 is 23.7 Å². The van der Waals surface area contributed by atoms with Crippen molar-refractivity contribution < 1.29 is 19.5 Å². The average Bonchev–Trinajstić information content (AvgIpc) is 3.34. The summed E-state index contributed by atoms with van der Waals surface area (Å²) in [6, 6.07) is 16.0. The number of carbonyl (C=O) groups is 3. The SMILES string of the molecule is CC(C)(C)C1[C@@H](NC(=O)c2nc(-c3cccc(C(=O)NCCc4ccccc4)c3)cnc2N)CCN1C(=O)O. The van der Waals surface area contributed by atoms with Crippen LogP contribution in [0.2, 0.25) is 0 Å². The zero-order chi connectivity index (χ0) is 28.2. The molecule has 2 heterocycles. The van der Waals surface area contributed by atoms with Crippen LogP contribution in [0.5, 0.6) is 0 Å². The third kappa shape index (κ3) is 6.51. The summed E-state index contributed by atoms with van der Waals surface area (Å²) in [5.74, 6) is -0.777. The molecule has 0 saturated carbocycles. The van der Waals surface area contributed by atoms with Gasteiger partial charge in [0, 0.05) is 24.2 Å². The molecule has 1 aliphatic rings. The number of rotatable bonds is 7. The number of carboxylic acid groups (broad SMARTS) is 1. The van der Waals surface area contributed by atoms with Crippen LogP contribution in [0, 0.1) is 5.41 Å². The predicted molar refractivity (Wildman–Crippen MR) is 148 cm³/mol. The Balaban J connectivity index is 1.48. The second-order valence-corrected chi connectivity index (χ2v) is 10.7. The maximum Gasteiger partial charge on any atom is 0.407 e. The first-order chi connectivity index (χ1) is 18.5. The van der Waals surface area contributed by atoms with Gasteiger partial charge in [-0.25, -0.2) is 14.8 Å². The molecule has 0 spiro atoms. The molecule has 1 saturated heterocycles. The van der Waals surface area contributed by atoms with Crippen LogP contribution in [0.4, 0.5) is 10.6 Å². The first-order valence-electron chi connectivity index (χ1n) is 12.9. The van der Waals surface area contributed by atoms with Crippen LogP contribution in [-0.4, -0.2) is 63.1 Å². The lowest BCUT2D eigenvalue weighted by molar-refractivity contribution is 0.0823. The van der Waals surface area contributed by atoms with E-state index in [0.29, 0.717) is 36.3 Å². The summed E-state index contributed by atoms with van der Waals surface area (Å²) < 4.78 is 0. The van der Waals surface area contributed by atoms with E-state index in [-0.39, 0.29) is 17.4 Å². The number of nitrogen functional groups attached to an aromatic ring is 1. The quantitative estimate of drug-likeness (QED) is 0.364. The first-order valence-corrected chi connectivity index (χ1v) is 12.9. The second kappa shape index (κ2) is 11.5. The Morgan fingerprint density at radius 3 is 2.51 bits per heavy atom. The number of hydrogen-bond acceptors (Lipinski definition) is 6. The summed E-state index contributed by atoms with van der Waals surface area (Å²) >= 11 is 0. The third-order valence-corrected chi connectivity index (χ3v) is 6.83. The molecule has 204 valence electrons. The van der Waals surface area contributed by atoms with Gasteiger partial charge in [0.05, 0.1) is 24.0 Å². The van der Waals surface area contributed by atoms with Gasteiger partial charge in [-0.1, -0.05) is 63.2 Å². The fourth-order valence-electron chi connectivity index (χ4n) is 5.06. The fraction of sp³-hybridized carbons (Fsp3) is 0.345. The van der Waals surface area contributed by atoms with E-state index >= 15 is 0 Å². The number of anilines is 1. The molecule has 0 aliphatic carbocycles. The van der Waals surface area contributed by atoms with Crippen LogP contribution in [-0.2, 0) is 6.42 Å². The van der Waals surface area contributed by atoms with Gasteiger partial charge in [-0.05, 0) is 36.0 Å². The highest BCUT2D eigenvalue weighted by Gasteiger charge is 2.44. The van der Waals surface area contributed by atoms with Crippen LogP contribution in [0.1, 0.15) is 53.6 Å². The van der Waals surface area contributed by atoms with Crippen LogP contribution < -0.4 is 16.4 Å². The fourth-order valence-corrected chi connectivity index (χ4v) is 5.06. The molecule has 3 amide bonds. The van der Waals surface area contributed by atoms with Gasteiger partial charge in [0.15, 0.2) is 11.5 Å². The molecule has 10 nitrogen and oxygen atoms in total. The Morgan fingerprint density at radius 2 is 1.82 bits per heavy atom. The molecule has 4 rings (SSSR count). The van der Waals surface area contributed by atoms with E-state index < -0.39 is 29.5 Å². The highest BCUT2D eigenvalue weighted by atomic mass is 16.4. The van der Waals surface area contributed by atoms with E-state index in [1.165, 1.54) is 11.1 Å². The largest absolute Gasteiger partial charge is 0.465 e. The summed E-state index contributed by atoms with van der Waals surface area (Å²) in [4.78, 5) is 47.8. The summed E-state index contributed by atoms with van der Waals surface area (Å²) in [7, 11) is 0. The number of likely N-dealkylation sites (tertiary alicyclic amines) is 1. The van der Waals surface area contributed by atoms with Crippen molar-refractivity contribution in [2.24, 2.45) is 5.41 Å². The zero-order valence-corrected chi connectivity index (χ0v) is 22.3. The minimum Gasteiger partial charge on any atom is -0.465 e. The number of benzene rings is 2. The molecule has 0 bridgehead atoms. The molecule has 2 atom stereocenters. The van der Waals surface area contributed by atoms with Crippen LogP contribution in [0.15, 0.2) is 60.8 Å². The maximum atomic E-state index is 13.2. The van der Waals surface area contributed by atoms with E-state index in [4.69, 9.17) is 5.73 Å². The van der Waals surface area contributed by atoms with Gasteiger partial charge >= 0.3 is 6.09 Å². The number of aromatic nitrogens is 2. The minimum absolute atomic E-state index is 0.0357. The average molecular weight is 531 g/mol. The molecule has 0 radical (unpaired) electrons. The zero-order valence-electron chi connectivity index (χ0n) is 22.3. The van der Waals surface area contributed by atoms with Gasteiger partial charge < -0.3 is 26.4 Å². The van der Waals surface area contributed by atoms with Crippen molar-refractivity contribution in [3.8, 4) is 11.3 Å². The number of amides is 3. The predicted octanol–water partition coefficient (Wildman–Crippen LogP) is 3.60. The Hall–Kier alpha value is -4.47. The second-order valence-electron chi connectivity index (χ2n) is 10.7. The molecule has 1 aliphatic heterocycles. The number of nitrogens with zero attached hydrogens (tertiary/aromatic N) is 3. The van der Waals surface area contributed by atoms with Crippen LogP contribution >= 0.6 is 0 Å². The number of carbonyl (C=O) groups excluding carboxylic acids is 2. The van der Waals surface area contributed by atoms with Crippen molar-refractivity contribution in [3.63, 3.8) is 0 Å². The number of hydrogen-bond donors (Lipinski definition) is 4. The molecule has 1 unspecified atom stereocenters. The standard InChI is InChI=1S/C29H34N6O4/c1-29(2,3)24-21(13-15-35(24)28(38)39)34-27(37)23-25(30)32-17-22(33-23)19-10-7-11-20(16-19)26(36)31-14-12-18-8-5-4-6-9-18/h4-11,16-17,21,24H,12-15H2,1-3H3,(H2,30,32)(H,31,36)(H,34,37)(H,38,39)/t21-,24?/m0/s1. The lowest BCUT2D eigenvalue weighted by Gasteiger charge is -2.37. The first kappa shape index (κ1) is 27.6. The molecular formula is C29H34N6O4. The lowest BCUT2D eigenvalue weighted by Crippen LogP contribution is -2.53. The van der Waals surface area contributed by atoms with E-state index in [1.54, 1.807) is 24.3 Å². The Kier molecular flexibility index (Phi) is 8.13. The molecule has 5 N–H and O–H groups in total. The van der Waals surface area contributed by atoms with Crippen molar-refractivity contribution in [3.05, 3.63) is 77.6 Å². The summed E-state index contributed by atoms with van der Waals surface area (Å²) in [5, 5.41) is 15.5. The highest BCUT2D eigenvalue weighted by Crippen LogP contribution is 2.33. The number of nitrogens with one attached hydrogen (secondary N) is 2. The molecule has 2 aromatic carbocycles.